The zero-order valence-corrected chi connectivity index (χ0v) is 11.9. The maximum absolute atomic E-state index is 5.07. The van der Waals surface area contributed by atoms with E-state index in [0.717, 1.165) is 37.6 Å². The fourth-order valence-electron chi connectivity index (χ4n) is 1.86. The maximum atomic E-state index is 5.07. The predicted octanol–water partition coefficient (Wildman–Crippen LogP) is 2.76. The molecule has 0 amide bonds. The minimum Gasteiger partial charge on any atom is -0.385 e. The van der Waals surface area contributed by atoms with Crippen molar-refractivity contribution < 1.29 is 4.74 Å². The molecule has 0 bridgehead atoms. The highest BCUT2D eigenvalue weighted by molar-refractivity contribution is 5.48. The van der Waals surface area contributed by atoms with Crippen molar-refractivity contribution in [1.29, 1.82) is 0 Å². The van der Waals surface area contributed by atoms with Gasteiger partial charge in [-0.2, -0.15) is 0 Å². The molecule has 102 valence electrons. The van der Waals surface area contributed by atoms with E-state index in [0.29, 0.717) is 6.04 Å². The molecular weight excluding hydrogens is 226 g/mol. The molecule has 1 unspecified atom stereocenters. The van der Waals surface area contributed by atoms with Crippen LogP contribution in [0.3, 0.4) is 0 Å². The first-order valence-corrected chi connectivity index (χ1v) is 6.67. The van der Waals surface area contributed by atoms with E-state index in [4.69, 9.17) is 4.74 Å². The Bertz CT molecular complexity index is 322. The summed E-state index contributed by atoms with van der Waals surface area (Å²) in [5.74, 6) is 1.04. The Hall–Kier alpha value is -1.29. The molecule has 1 heterocycles. The number of ether oxygens (including phenoxy) is 1. The van der Waals surface area contributed by atoms with Crippen molar-refractivity contribution in [3.05, 3.63) is 18.3 Å². The molecule has 0 aromatic carbocycles. The molecule has 1 aromatic rings. The Kier molecular flexibility index (Phi) is 6.50. The lowest BCUT2D eigenvalue weighted by Crippen LogP contribution is -2.23. The van der Waals surface area contributed by atoms with Crippen LogP contribution in [0.25, 0.3) is 0 Å². The van der Waals surface area contributed by atoms with Crippen LogP contribution < -0.4 is 10.2 Å². The number of hydrogen-bond donors (Lipinski definition) is 1. The van der Waals surface area contributed by atoms with E-state index in [1.54, 1.807) is 7.11 Å². The predicted molar refractivity (Wildman–Crippen MR) is 77.4 cm³/mol. The van der Waals surface area contributed by atoms with Gasteiger partial charge in [0.1, 0.15) is 5.82 Å². The molecule has 4 heteroatoms. The van der Waals surface area contributed by atoms with Crippen molar-refractivity contribution in [3.8, 4) is 0 Å². The molecule has 1 rings (SSSR count). The Balaban J connectivity index is 2.54. The summed E-state index contributed by atoms with van der Waals surface area (Å²) in [5.41, 5.74) is 1.06. The zero-order chi connectivity index (χ0) is 13.4. The quantitative estimate of drug-likeness (QED) is 0.771. The first-order chi connectivity index (χ1) is 8.71. The first kappa shape index (κ1) is 14.8. The number of anilines is 2. The van der Waals surface area contributed by atoms with E-state index in [1.165, 1.54) is 0 Å². The highest BCUT2D eigenvalue weighted by Gasteiger charge is 2.05. The van der Waals surface area contributed by atoms with Gasteiger partial charge in [-0.05, 0) is 39.3 Å². The minimum absolute atomic E-state index is 0.394. The number of nitrogens with zero attached hydrogens (tertiary/aromatic N) is 2. The molecule has 0 radical (unpaired) electrons. The summed E-state index contributed by atoms with van der Waals surface area (Å²) in [6.07, 6.45) is 2.89. The molecule has 0 aliphatic rings. The zero-order valence-electron chi connectivity index (χ0n) is 11.9. The largest absolute Gasteiger partial charge is 0.385 e. The third-order valence-corrected chi connectivity index (χ3v) is 3.00. The average Bonchev–Trinajstić information content (AvgIpc) is 2.40. The highest BCUT2D eigenvalue weighted by Crippen LogP contribution is 2.15. The fraction of sp³-hybridized carbons (Fsp3) is 0.643. The van der Waals surface area contributed by atoms with Crippen molar-refractivity contribution in [2.24, 2.45) is 0 Å². The van der Waals surface area contributed by atoms with Gasteiger partial charge in [-0.3, -0.25) is 0 Å². The van der Waals surface area contributed by atoms with Crippen LogP contribution >= 0.6 is 0 Å². The van der Waals surface area contributed by atoms with Gasteiger partial charge in [0.25, 0.3) is 0 Å². The third kappa shape index (κ3) is 4.53. The van der Waals surface area contributed by atoms with Crippen LogP contribution in [0.2, 0.25) is 0 Å². The second kappa shape index (κ2) is 7.93. The van der Waals surface area contributed by atoms with E-state index in [9.17, 15) is 0 Å². The van der Waals surface area contributed by atoms with Gasteiger partial charge in [-0.1, -0.05) is 0 Å². The summed E-state index contributed by atoms with van der Waals surface area (Å²) >= 11 is 0. The van der Waals surface area contributed by atoms with Crippen LogP contribution in [0.4, 0.5) is 11.5 Å². The summed E-state index contributed by atoms with van der Waals surface area (Å²) in [6, 6.07) is 4.55. The molecule has 4 nitrogen and oxygen atoms in total. The SMILES string of the molecule is CCN(CC)c1ccc(NC(C)CCOC)cn1. The maximum Gasteiger partial charge on any atom is 0.128 e. The Labute approximate surface area is 110 Å². The van der Waals surface area contributed by atoms with Gasteiger partial charge in [0.15, 0.2) is 0 Å². The van der Waals surface area contributed by atoms with Crippen molar-refractivity contribution in [3.63, 3.8) is 0 Å². The highest BCUT2D eigenvalue weighted by atomic mass is 16.5. The van der Waals surface area contributed by atoms with E-state index in [1.807, 2.05) is 6.20 Å². The van der Waals surface area contributed by atoms with Crippen molar-refractivity contribution in [1.82, 2.24) is 4.98 Å². The van der Waals surface area contributed by atoms with Gasteiger partial charge in [-0.15, -0.1) is 0 Å². The van der Waals surface area contributed by atoms with E-state index in [-0.39, 0.29) is 0 Å². The summed E-state index contributed by atoms with van der Waals surface area (Å²) in [6.45, 7) is 9.19. The van der Waals surface area contributed by atoms with Gasteiger partial charge >= 0.3 is 0 Å². The normalized spacial score (nSPS) is 12.2. The lowest BCUT2D eigenvalue weighted by molar-refractivity contribution is 0.191. The van der Waals surface area contributed by atoms with E-state index in [2.05, 4.69) is 48.1 Å². The molecule has 0 aliphatic heterocycles. The summed E-state index contributed by atoms with van der Waals surface area (Å²) in [7, 11) is 1.73. The fourth-order valence-corrected chi connectivity index (χ4v) is 1.86. The molecule has 0 saturated heterocycles. The number of methoxy groups -OCH3 is 1. The van der Waals surface area contributed by atoms with E-state index < -0.39 is 0 Å². The van der Waals surface area contributed by atoms with Crippen LogP contribution in [0.5, 0.6) is 0 Å². The Morgan fingerprint density at radius 3 is 2.56 bits per heavy atom. The topological polar surface area (TPSA) is 37.4 Å². The monoisotopic (exact) mass is 251 g/mol. The molecular formula is C14H25N3O. The smallest absolute Gasteiger partial charge is 0.128 e. The van der Waals surface area contributed by atoms with Crippen LogP contribution in [0.1, 0.15) is 27.2 Å². The molecule has 0 saturated carbocycles. The number of pyridine rings is 1. The van der Waals surface area contributed by atoms with Gasteiger partial charge in [0, 0.05) is 32.8 Å². The molecule has 1 atom stereocenters. The van der Waals surface area contributed by atoms with Crippen LogP contribution in [-0.4, -0.2) is 37.8 Å². The number of nitrogens with one attached hydrogen (secondary N) is 1. The molecule has 1 N–H and O–H groups in total. The molecule has 1 aromatic heterocycles. The van der Waals surface area contributed by atoms with Crippen LogP contribution in [0.15, 0.2) is 18.3 Å². The molecule has 18 heavy (non-hydrogen) atoms. The number of rotatable bonds is 8. The third-order valence-electron chi connectivity index (χ3n) is 3.00. The Morgan fingerprint density at radius 1 is 1.33 bits per heavy atom. The first-order valence-electron chi connectivity index (χ1n) is 6.67. The van der Waals surface area contributed by atoms with Gasteiger partial charge < -0.3 is 15.0 Å². The molecule has 0 fully saturated rings. The molecule has 0 spiro atoms. The van der Waals surface area contributed by atoms with Crippen molar-refractivity contribution >= 4 is 11.5 Å². The lowest BCUT2D eigenvalue weighted by atomic mass is 10.2. The van der Waals surface area contributed by atoms with Crippen molar-refractivity contribution in [2.75, 3.05) is 37.0 Å². The van der Waals surface area contributed by atoms with E-state index >= 15 is 0 Å². The van der Waals surface area contributed by atoms with Crippen molar-refractivity contribution in [2.45, 2.75) is 33.2 Å². The lowest BCUT2D eigenvalue weighted by Gasteiger charge is -2.20. The number of aromatic nitrogens is 1. The summed E-state index contributed by atoms with van der Waals surface area (Å²) in [4.78, 5) is 6.72. The number of hydrogen-bond acceptors (Lipinski definition) is 4. The van der Waals surface area contributed by atoms with Crippen LogP contribution in [0, 0.1) is 0 Å². The summed E-state index contributed by atoms with van der Waals surface area (Å²) in [5, 5.41) is 3.42. The average molecular weight is 251 g/mol. The van der Waals surface area contributed by atoms with Gasteiger partial charge in [0.2, 0.25) is 0 Å². The Morgan fingerprint density at radius 2 is 2.06 bits per heavy atom. The minimum atomic E-state index is 0.394. The van der Waals surface area contributed by atoms with Gasteiger partial charge in [-0.25, -0.2) is 4.98 Å². The molecule has 0 aliphatic carbocycles. The second-order valence-electron chi connectivity index (χ2n) is 4.40. The standard InChI is InChI=1S/C14H25N3O/c1-5-17(6-2)14-8-7-13(11-15-14)16-12(3)9-10-18-4/h7-8,11-12,16H,5-6,9-10H2,1-4H3. The van der Waals surface area contributed by atoms with Gasteiger partial charge in [0.05, 0.1) is 11.9 Å². The second-order valence-corrected chi connectivity index (χ2v) is 4.40. The van der Waals surface area contributed by atoms with Crippen LogP contribution in [-0.2, 0) is 4.74 Å². The summed E-state index contributed by atoms with van der Waals surface area (Å²) < 4.78 is 5.07.